The third-order valence-electron chi connectivity index (χ3n) is 6.44. The number of likely N-dealkylation sites (tertiary alicyclic amines) is 1. The number of carbonyl (C=O) groups is 1. The number of nitrogens with zero attached hydrogens (tertiary/aromatic N) is 3. The third kappa shape index (κ3) is 6.66. The molecule has 0 amide bonds. The van der Waals surface area contributed by atoms with Crippen LogP contribution < -0.4 is 0 Å². The fourth-order valence-corrected chi connectivity index (χ4v) is 4.63. The molecule has 2 aliphatic heterocycles. The number of aliphatic carboxylic acids is 1. The molecule has 176 valence electrons. The van der Waals surface area contributed by atoms with Gasteiger partial charge in [-0.15, -0.1) is 0 Å². The molecule has 3 fully saturated rings. The minimum atomic E-state index is -5.08. The Morgan fingerprint density at radius 1 is 1.35 bits per heavy atom. The summed E-state index contributed by atoms with van der Waals surface area (Å²) in [4.78, 5) is 11.5. The predicted molar refractivity (Wildman–Crippen MR) is 106 cm³/mol. The SMILES string of the molecule is Cn1cc(CN2CCC3OCCCC3(COCC3CCC3)C2)cn1.O=C(O)C(F)(F)F. The lowest BCUT2D eigenvalue weighted by atomic mass is 9.73. The fraction of sp³-hybridized carbons (Fsp3) is 0.810. The van der Waals surface area contributed by atoms with Crippen molar-refractivity contribution in [1.29, 1.82) is 0 Å². The average Bonchev–Trinajstić information content (AvgIpc) is 3.08. The van der Waals surface area contributed by atoms with E-state index in [4.69, 9.17) is 19.4 Å². The summed E-state index contributed by atoms with van der Waals surface area (Å²) in [6.45, 7) is 5.96. The second kappa shape index (κ2) is 10.3. The molecule has 0 spiro atoms. The standard InChI is InChI=1S/C19H31N3O2.C2HF3O2/c1-21-11-17(10-20-21)12-22-8-6-18-19(14-22,7-3-9-24-18)15-23-13-16-4-2-5-16;3-2(4,5)1(6)7/h10-11,16,18H,2-9,12-15H2,1H3;(H,6,7). The van der Waals surface area contributed by atoms with E-state index in [-0.39, 0.29) is 5.41 Å². The van der Waals surface area contributed by atoms with E-state index in [0.29, 0.717) is 6.10 Å². The van der Waals surface area contributed by atoms with Crippen LogP contribution in [0.15, 0.2) is 12.4 Å². The maximum Gasteiger partial charge on any atom is 0.490 e. The predicted octanol–water partition coefficient (Wildman–Crippen LogP) is 3.24. The number of piperidine rings is 1. The van der Waals surface area contributed by atoms with Crippen LogP contribution in [0.5, 0.6) is 0 Å². The zero-order valence-corrected chi connectivity index (χ0v) is 17.9. The topological polar surface area (TPSA) is 76.8 Å². The summed E-state index contributed by atoms with van der Waals surface area (Å²) in [7, 11) is 1.99. The van der Waals surface area contributed by atoms with Crippen molar-refractivity contribution in [2.75, 3.05) is 32.9 Å². The van der Waals surface area contributed by atoms with Gasteiger partial charge >= 0.3 is 12.1 Å². The number of fused-ring (bicyclic) bond motifs is 1. The van der Waals surface area contributed by atoms with E-state index < -0.39 is 12.1 Å². The molecule has 1 aliphatic carbocycles. The molecule has 1 aromatic rings. The summed E-state index contributed by atoms with van der Waals surface area (Å²) >= 11 is 0. The van der Waals surface area contributed by atoms with Crippen molar-refractivity contribution in [2.24, 2.45) is 18.4 Å². The van der Waals surface area contributed by atoms with Crippen LogP contribution in [0, 0.1) is 11.3 Å². The summed E-state index contributed by atoms with van der Waals surface area (Å²) < 4.78 is 46.0. The third-order valence-corrected chi connectivity index (χ3v) is 6.44. The Kier molecular flexibility index (Phi) is 7.98. The lowest BCUT2D eigenvalue weighted by Gasteiger charge is -2.50. The molecule has 4 rings (SSSR count). The minimum Gasteiger partial charge on any atom is -0.475 e. The number of halogens is 3. The Morgan fingerprint density at radius 2 is 2.10 bits per heavy atom. The van der Waals surface area contributed by atoms with Crippen LogP contribution in [-0.2, 0) is 27.9 Å². The normalized spacial score (nSPS) is 27.0. The highest BCUT2D eigenvalue weighted by Crippen LogP contribution is 2.41. The summed E-state index contributed by atoms with van der Waals surface area (Å²) in [6.07, 6.45) is 7.08. The lowest BCUT2D eigenvalue weighted by Crippen LogP contribution is -2.56. The molecule has 0 aromatic carbocycles. The highest BCUT2D eigenvalue weighted by atomic mass is 19.4. The molecule has 2 atom stereocenters. The van der Waals surface area contributed by atoms with Crippen molar-refractivity contribution in [1.82, 2.24) is 14.7 Å². The van der Waals surface area contributed by atoms with Crippen LogP contribution in [0.2, 0.25) is 0 Å². The molecule has 31 heavy (non-hydrogen) atoms. The van der Waals surface area contributed by atoms with E-state index in [0.717, 1.165) is 51.8 Å². The lowest BCUT2D eigenvalue weighted by molar-refractivity contribution is -0.192. The molecule has 10 heteroatoms. The van der Waals surface area contributed by atoms with Gasteiger partial charge in [-0.1, -0.05) is 6.42 Å². The molecule has 1 saturated carbocycles. The largest absolute Gasteiger partial charge is 0.490 e. The highest BCUT2D eigenvalue weighted by Gasteiger charge is 2.46. The zero-order valence-electron chi connectivity index (χ0n) is 17.9. The van der Waals surface area contributed by atoms with Crippen molar-refractivity contribution in [3.8, 4) is 0 Å². The number of ether oxygens (including phenoxy) is 2. The molecular formula is C21H32F3N3O4. The van der Waals surface area contributed by atoms with E-state index in [2.05, 4.69) is 16.2 Å². The Labute approximate surface area is 180 Å². The number of carboxylic acid groups (broad SMARTS) is 1. The molecule has 2 unspecified atom stereocenters. The first kappa shape index (κ1) is 24.0. The first-order valence-corrected chi connectivity index (χ1v) is 10.9. The van der Waals surface area contributed by atoms with E-state index in [1.165, 1.54) is 37.7 Å². The van der Waals surface area contributed by atoms with E-state index >= 15 is 0 Å². The smallest absolute Gasteiger partial charge is 0.475 e. The first-order valence-electron chi connectivity index (χ1n) is 10.9. The second-order valence-corrected chi connectivity index (χ2v) is 8.96. The first-order chi connectivity index (χ1) is 14.7. The average molecular weight is 447 g/mol. The van der Waals surface area contributed by atoms with Crippen molar-refractivity contribution in [2.45, 2.75) is 57.3 Å². The van der Waals surface area contributed by atoms with Crippen molar-refractivity contribution < 1.29 is 32.5 Å². The Bertz CT molecular complexity index is 723. The number of hydrogen-bond acceptors (Lipinski definition) is 5. The van der Waals surface area contributed by atoms with E-state index in [9.17, 15) is 13.2 Å². The molecule has 1 N–H and O–H groups in total. The van der Waals surface area contributed by atoms with E-state index in [1.54, 1.807) is 0 Å². The van der Waals surface area contributed by atoms with Gasteiger partial charge in [-0.05, 0) is 38.0 Å². The van der Waals surface area contributed by atoms with Gasteiger partial charge in [0.1, 0.15) is 0 Å². The number of hydrogen-bond donors (Lipinski definition) is 1. The van der Waals surface area contributed by atoms with E-state index in [1.807, 2.05) is 17.9 Å². The van der Waals surface area contributed by atoms with Gasteiger partial charge in [-0.25, -0.2) is 4.79 Å². The molecule has 1 aromatic heterocycles. The second-order valence-electron chi connectivity index (χ2n) is 8.96. The molecule has 0 bridgehead atoms. The van der Waals surface area contributed by atoms with Gasteiger partial charge in [0.15, 0.2) is 0 Å². The van der Waals surface area contributed by atoms with Crippen LogP contribution >= 0.6 is 0 Å². The highest BCUT2D eigenvalue weighted by molar-refractivity contribution is 5.73. The Balaban J connectivity index is 0.000000339. The number of carboxylic acids is 1. The van der Waals surface area contributed by atoms with Gasteiger partial charge in [0.05, 0.1) is 18.9 Å². The number of aromatic nitrogens is 2. The zero-order chi connectivity index (χ0) is 22.5. The maximum absolute atomic E-state index is 10.6. The summed E-state index contributed by atoms with van der Waals surface area (Å²) in [5.41, 5.74) is 1.50. The van der Waals surface area contributed by atoms with Crippen LogP contribution in [-0.4, -0.2) is 70.9 Å². The summed E-state index contributed by atoms with van der Waals surface area (Å²) in [5.74, 6) is -1.94. The molecule has 0 radical (unpaired) electrons. The maximum atomic E-state index is 10.6. The van der Waals surface area contributed by atoms with Gasteiger partial charge in [0, 0.05) is 57.1 Å². The van der Waals surface area contributed by atoms with Gasteiger partial charge in [0.25, 0.3) is 0 Å². The summed E-state index contributed by atoms with van der Waals surface area (Å²) in [5, 5.41) is 11.4. The van der Waals surface area contributed by atoms with Gasteiger partial charge in [-0.2, -0.15) is 18.3 Å². The number of alkyl halides is 3. The summed E-state index contributed by atoms with van der Waals surface area (Å²) in [6, 6.07) is 0. The molecule has 2 saturated heterocycles. The number of rotatable bonds is 6. The quantitative estimate of drug-likeness (QED) is 0.722. The van der Waals surface area contributed by atoms with Crippen LogP contribution in [0.1, 0.15) is 44.1 Å². The van der Waals surface area contributed by atoms with Crippen molar-refractivity contribution in [3.63, 3.8) is 0 Å². The Morgan fingerprint density at radius 3 is 2.68 bits per heavy atom. The van der Waals surface area contributed by atoms with Crippen molar-refractivity contribution >= 4 is 5.97 Å². The van der Waals surface area contributed by atoms with Crippen molar-refractivity contribution in [3.05, 3.63) is 18.0 Å². The Hall–Kier alpha value is -1.65. The molecule has 3 heterocycles. The molecular weight excluding hydrogens is 415 g/mol. The van der Waals surface area contributed by atoms with Crippen LogP contribution in [0.4, 0.5) is 13.2 Å². The van der Waals surface area contributed by atoms with Gasteiger partial charge < -0.3 is 14.6 Å². The van der Waals surface area contributed by atoms with Crippen LogP contribution in [0.25, 0.3) is 0 Å². The fourth-order valence-electron chi connectivity index (χ4n) is 4.63. The molecule has 7 nitrogen and oxygen atoms in total. The minimum absolute atomic E-state index is 0.197. The van der Waals surface area contributed by atoms with Gasteiger partial charge in [0.2, 0.25) is 0 Å². The van der Waals surface area contributed by atoms with Gasteiger partial charge in [-0.3, -0.25) is 9.58 Å². The number of aryl methyl sites for hydroxylation is 1. The molecule has 3 aliphatic rings. The monoisotopic (exact) mass is 447 g/mol. The van der Waals surface area contributed by atoms with Crippen LogP contribution in [0.3, 0.4) is 0 Å².